The summed E-state index contributed by atoms with van der Waals surface area (Å²) in [5, 5.41) is 0. The van der Waals surface area contributed by atoms with Crippen LogP contribution >= 0.6 is 0 Å². The zero-order chi connectivity index (χ0) is 18.9. The van der Waals surface area contributed by atoms with Crippen LogP contribution in [0.4, 0.5) is 0 Å². The maximum Gasteiger partial charge on any atom is 0.268 e. The van der Waals surface area contributed by atoms with Crippen LogP contribution in [0, 0.1) is 6.92 Å². The predicted octanol–water partition coefficient (Wildman–Crippen LogP) is 5.75. The molecule has 0 saturated heterocycles. The van der Waals surface area contributed by atoms with Gasteiger partial charge in [-0.2, -0.15) is 0 Å². The molecule has 0 atom stereocenters. The smallest absolute Gasteiger partial charge is 0.238 e. The first-order valence-corrected chi connectivity index (χ1v) is 11.1. The molecule has 4 rings (SSSR count). The molecule has 1 fully saturated rings. The van der Waals surface area contributed by atoms with E-state index in [4.69, 9.17) is 0 Å². The second kappa shape index (κ2) is 7.35. The maximum atomic E-state index is 13.6. The Labute approximate surface area is 161 Å². The number of aryl methyl sites for hydroxylation is 1. The molecule has 2 aromatic carbocycles. The maximum absolute atomic E-state index is 13.6. The van der Waals surface area contributed by atoms with E-state index in [1.165, 1.54) is 19.3 Å². The van der Waals surface area contributed by atoms with Gasteiger partial charge in [-0.05, 0) is 49.6 Å². The van der Waals surface area contributed by atoms with Gasteiger partial charge in [0.15, 0.2) is 0 Å². The van der Waals surface area contributed by atoms with Crippen molar-refractivity contribution in [3.63, 3.8) is 0 Å². The Kier molecular flexibility index (Phi) is 4.92. The standard InChI is InChI=1S/C23H25NO2S/c1-18-12-14-21(15-13-18)27(25,26)24-22(19-8-4-2-5-9-19)16-17-23(24)20-10-6-3-7-11-20/h2,4-5,8-9,12-17,20H,3,6-7,10-11H2,1H3. The molecule has 0 bridgehead atoms. The summed E-state index contributed by atoms with van der Waals surface area (Å²) < 4.78 is 28.9. The van der Waals surface area contributed by atoms with E-state index in [-0.39, 0.29) is 0 Å². The number of hydrogen-bond donors (Lipinski definition) is 0. The molecule has 0 aliphatic heterocycles. The largest absolute Gasteiger partial charge is 0.268 e. The second-order valence-electron chi connectivity index (χ2n) is 7.43. The van der Waals surface area contributed by atoms with Crippen molar-refractivity contribution in [2.45, 2.75) is 49.8 Å². The Morgan fingerprint density at radius 1 is 0.815 bits per heavy atom. The van der Waals surface area contributed by atoms with Gasteiger partial charge in [-0.15, -0.1) is 0 Å². The van der Waals surface area contributed by atoms with E-state index in [1.54, 1.807) is 16.1 Å². The van der Waals surface area contributed by atoms with E-state index in [2.05, 4.69) is 0 Å². The average Bonchev–Trinajstić information content (AvgIpc) is 3.16. The molecule has 3 nitrogen and oxygen atoms in total. The van der Waals surface area contributed by atoms with Crippen LogP contribution in [0.15, 0.2) is 71.6 Å². The predicted molar refractivity (Wildman–Crippen MR) is 109 cm³/mol. The van der Waals surface area contributed by atoms with Crippen LogP contribution in [-0.2, 0) is 10.0 Å². The average molecular weight is 380 g/mol. The van der Waals surface area contributed by atoms with Crippen molar-refractivity contribution >= 4 is 10.0 Å². The lowest BCUT2D eigenvalue weighted by atomic mass is 9.87. The van der Waals surface area contributed by atoms with Gasteiger partial charge in [0, 0.05) is 11.6 Å². The van der Waals surface area contributed by atoms with Crippen molar-refractivity contribution in [1.82, 2.24) is 3.97 Å². The molecule has 0 spiro atoms. The van der Waals surface area contributed by atoms with Crippen LogP contribution in [0.2, 0.25) is 0 Å². The molecule has 1 saturated carbocycles. The third-order valence-corrected chi connectivity index (χ3v) is 7.27. The summed E-state index contributed by atoms with van der Waals surface area (Å²) in [6.45, 7) is 1.97. The Balaban J connectivity index is 1.90. The van der Waals surface area contributed by atoms with E-state index in [9.17, 15) is 8.42 Å². The van der Waals surface area contributed by atoms with Crippen LogP contribution < -0.4 is 0 Å². The molecule has 1 aliphatic carbocycles. The highest BCUT2D eigenvalue weighted by Gasteiger charge is 2.28. The molecular formula is C23H25NO2S. The zero-order valence-corrected chi connectivity index (χ0v) is 16.5. The SMILES string of the molecule is Cc1ccc(S(=O)(=O)n2c(-c3ccccc3)ccc2C2CCCCC2)cc1. The van der Waals surface area contributed by atoms with Crippen LogP contribution in [0.3, 0.4) is 0 Å². The van der Waals surface area contributed by atoms with E-state index < -0.39 is 10.0 Å². The molecule has 4 heteroatoms. The van der Waals surface area contributed by atoms with Gasteiger partial charge in [0.05, 0.1) is 10.6 Å². The first-order chi connectivity index (χ1) is 13.1. The summed E-state index contributed by atoms with van der Waals surface area (Å²) in [5.74, 6) is 0.302. The summed E-state index contributed by atoms with van der Waals surface area (Å²) in [4.78, 5) is 0.346. The topological polar surface area (TPSA) is 39.1 Å². The molecule has 3 aromatic rings. The van der Waals surface area contributed by atoms with E-state index in [1.807, 2.05) is 61.5 Å². The molecule has 0 radical (unpaired) electrons. The van der Waals surface area contributed by atoms with Crippen molar-refractivity contribution < 1.29 is 8.42 Å². The minimum Gasteiger partial charge on any atom is -0.238 e. The van der Waals surface area contributed by atoms with Gasteiger partial charge in [0.1, 0.15) is 0 Å². The van der Waals surface area contributed by atoms with E-state index >= 15 is 0 Å². The summed E-state index contributed by atoms with van der Waals surface area (Å²) in [5.41, 5.74) is 3.65. The third kappa shape index (κ3) is 3.46. The first-order valence-electron chi connectivity index (χ1n) is 9.67. The third-order valence-electron chi connectivity index (χ3n) is 5.52. The molecule has 0 unspecified atom stereocenters. The molecule has 0 amide bonds. The lowest BCUT2D eigenvalue weighted by Crippen LogP contribution is -2.20. The van der Waals surface area contributed by atoms with Crippen molar-refractivity contribution in [2.75, 3.05) is 0 Å². The van der Waals surface area contributed by atoms with Crippen LogP contribution in [-0.4, -0.2) is 12.4 Å². The first kappa shape index (κ1) is 18.1. The monoisotopic (exact) mass is 379 g/mol. The zero-order valence-electron chi connectivity index (χ0n) is 15.6. The highest BCUT2D eigenvalue weighted by atomic mass is 32.2. The lowest BCUT2D eigenvalue weighted by Gasteiger charge is -2.24. The van der Waals surface area contributed by atoms with Gasteiger partial charge in [-0.25, -0.2) is 12.4 Å². The van der Waals surface area contributed by atoms with Gasteiger partial charge in [0.2, 0.25) is 0 Å². The Morgan fingerprint density at radius 2 is 1.48 bits per heavy atom. The Hall–Kier alpha value is -2.33. The minimum absolute atomic E-state index is 0.302. The quantitative estimate of drug-likeness (QED) is 0.579. The Morgan fingerprint density at radius 3 is 2.15 bits per heavy atom. The summed E-state index contributed by atoms with van der Waals surface area (Å²) in [6, 6.07) is 20.9. The van der Waals surface area contributed by atoms with Crippen LogP contribution in [0.1, 0.15) is 49.3 Å². The van der Waals surface area contributed by atoms with E-state index in [0.717, 1.165) is 35.4 Å². The highest BCUT2D eigenvalue weighted by molar-refractivity contribution is 7.90. The Bertz CT molecular complexity index is 1010. The van der Waals surface area contributed by atoms with Crippen molar-refractivity contribution in [2.24, 2.45) is 0 Å². The fraction of sp³-hybridized carbons (Fsp3) is 0.304. The second-order valence-corrected chi connectivity index (χ2v) is 9.21. The molecule has 1 aliphatic rings. The summed E-state index contributed by atoms with van der Waals surface area (Å²) >= 11 is 0. The van der Waals surface area contributed by atoms with Gasteiger partial charge >= 0.3 is 0 Å². The molecule has 1 heterocycles. The molecule has 140 valence electrons. The molecule has 1 aromatic heterocycles. The summed E-state index contributed by atoms with van der Waals surface area (Å²) in [7, 11) is -3.65. The minimum atomic E-state index is -3.65. The number of hydrogen-bond acceptors (Lipinski definition) is 2. The highest BCUT2D eigenvalue weighted by Crippen LogP contribution is 2.37. The number of aromatic nitrogens is 1. The van der Waals surface area contributed by atoms with Crippen LogP contribution in [0.5, 0.6) is 0 Å². The van der Waals surface area contributed by atoms with Crippen LogP contribution in [0.25, 0.3) is 11.3 Å². The summed E-state index contributed by atoms with van der Waals surface area (Å²) in [6.07, 6.45) is 5.69. The lowest BCUT2D eigenvalue weighted by molar-refractivity contribution is 0.434. The van der Waals surface area contributed by atoms with Gasteiger partial charge in [-0.1, -0.05) is 67.3 Å². The van der Waals surface area contributed by atoms with E-state index in [0.29, 0.717) is 10.8 Å². The number of nitrogens with zero attached hydrogens (tertiary/aromatic N) is 1. The molecule has 27 heavy (non-hydrogen) atoms. The fourth-order valence-corrected chi connectivity index (χ4v) is 5.65. The van der Waals surface area contributed by atoms with Gasteiger partial charge in [-0.3, -0.25) is 0 Å². The molecule has 0 N–H and O–H groups in total. The van der Waals surface area contributed by atoms with Crippen molar-refractivity contribution in [3.05, 3.63) is 78.0 Å². The normalized spacial score (nSPS) is 15.7. The van der Waals surface area contributed by atoms with Gasteiger partial charge < -0.3 is 0 Å². The van der Waals surface area contributed by atoms with Crippen molar-refractivity contribution in [1.29, 1.82) is 0 Å². The fourth-order valence-electron chi connectivity index (χ4n) is 4.05. The molecular weight excluding hydrogens is 354 g/mol. The number of benzene rings is 2. The van der Waals surface area contributed by atoms with Gasteiger partial charge in [0.25, 0.3) is 10.0 Å². The van der Waals surface area contributed by atoms with Crippen molar-refractivity contribution in [3.8, 4) is 11.3 Å². The number of rotatable bonds is 4.